The van der Waals surface area contributed by atoms with Crippen molar-refractivity contribution in [2.45, 2.75) is 33.2 Å². The van der Waals surface area contributed by atoms with E-state index in [9.17, 15) is 19.5 Å². The van der Waals surface area contributed by atoms with Gasteiger partial charge in [-0.1, -0.05) is 54.1 Å². The molecule has 8 nitrogen and oxygen atoms in total. The van der Waals surface area contributed by atoms with Crippen molar-refractivity contribution >= 4 is 51.5 Å². The Morgan fingerprint density at radius 1 is 1.16 bits per heavy atom. The fourth-order valence-electron chi connectivity index (χ4n) is 4.00. The largest absolute Gasteiger partial charge is 0.507 e. The van der Waals surface area contributed by atoms with Crippen molar-refractivity contribution in [3.05, 3.63) is 80.8 Å². The number of esters is 1. The van der Waals surface area contributed by atoms with E-state index in [1.807, 2.05) is 6.92 Å². The number of carbonyl (C=O) groups is 3. The number of amides is 1. The van der Waals surface area contributed by atoms with Gasteiger partial charge in [0.25, 0.3) is 5.78 Å². The third-order valence-electron chi connectivity index (χ3n) is 5.64. The van der Waals surface area contributed by atoms with E-state index in [4.69, 9.17) is 21.1 Å². The number of benzene rings is 2. The molecule has 1 atom stereocenters. The summed E-state index contributed by atoms with van der Waals surface area (Å²) in [5, 5.41) is 11.9. The molecule has 10 heteroatoms. The van der Waals surface area contributed by atoms with E-state index in [1.54, 1.807) is 62.4 Å². The summed E-state index contributed by atoms with van der Waals surface area (Å²) in [5.41, 5.74) is 1.06. The summed E-state index contributed by atoms with van der Waals surface area (Å²) >= 11 is 7.20. The number of rotatable bonds is 8. The molecule has 0 spiro atoms. The lowest BCUT2D eigenvalue weighted by molar-refractivity contribution is -0.132. The minimum absolute atomic E-state index is 0.120. The summed E-state index contributed by atoms with van der Waals surface area (Å²) in [6.45, 7) is 5.96. The summed E-state index contributed by atoms with van der Waals surface area (Å²) in [4.78, 5) is 45.0. The predicted molar refractivity (Wildman–Crippen MR) is 141 cm³/mol. The number of aliphatic hydroxyl groups is 1. The summed E-state index contributed by atoms with van der Waals surface area (Å²) < 4.78 is 10.8. The van der Waals surface area contributed by atoms with Gasteiger partial charge in [0.1, 0.15) is 16.4 Å². The van der Waals surface area contributed by atoms with Gasteiger partial charge in [-0.3, -0.25) is 14.5 Å². The van der Waals surface area contributed by atoms with Crippen molar-refractivity contribution in [3.8, 4) is 5.75 Å². The number of Topliss-reactive ketones (excluding diaryl/α,β-unsaturated/α-hetero) is 1. The molecule has 0 radical (unpaired) electrons. The molecule has 1 fully saturated rings. The van der Waals surface area contributed by atoms with Crippen LogP contribution in [0.25, 0.3) is 5.76 Å². The number of aromatic nitrogens is 1. The number of nitrogens with zero attached hydrogens (tertiary/aromatic N) is 2. The fourth-order valence-corrected chi connectivity index (χ4v) is 5.19. The number of aryl methyl sites for hydroxylation is 1. The van der Waals surface area contributed by atoms with Crippen LogP contribution < -0.4 is 9.64 Å². The molecule has 192 valence electrons. The molecule has 2 heterocycles. The van der Waals surface area contributed by atoms with Crippen molar-refractivity contribution in [3.63, 3.8) is 0 Å². The molecule has 0 bridgehead atoms. The van der Waals surface area contributed by atoms with Crippen LogP contribution in [-0.2, 0) is 14.3 Å². The van der Waals surface area contributed by atoms with Gasteiger partial charge in [0, 0.05) is 10.6 Å². The molecule has 1 saturated heterocycles. The van der Waals surface area contributed by atoms with E-state index in [0.29, 0.717) is 34.2 Å². The summed E-state index contributed by atoms with van der Waals surface area (Å²) in [6, 6.07) is 12.3. The number of anilines is 1. The van der Waals surface area contributed by atoms with Crippen molar-refractivity contribution < 1.29 is 29.0 Å². The maximum absolute atomic E-state index is 13.4. The number of carbonyl (C=O) groups excluding carboxylic acids is 3. The Balaban J connectivity index is 1.88. The van der Waals surface area contributed by atoms with Crippen LogP contribution in [-0.4, -0.2) is 41.0 Å². The number of ketones is 1. The maximum Gasteiger partial charge on any atom is 0.350 e. The molecule has 1 aliphatic heterocycles. The van der Waals surface area contributed by atoms with Gasteiger partial charge in [0.05, 0.1) is 30.5 Å². The van der Waals surface area contributed by atoms with E-state index in [2.05, 4.69) is 4.98 Å². The third kappa shape index (κ3) is 5.23. The van der Waals surface area contributed by atoms with Crippen LogP contribution in [0.15, 0.2) is 54.1 Å². The number of ether oxygens (including phenoxy) is 2. The first-order valence-electron chi connectivity index (χ1n) is 11.7. The van der Waals surface area contributed by atoms with Gasteiger partial charge in [0.15, 0.2) is 5.13 Å². The average Bonchev–Trinajstić information content (AvgIpc) is 3.39. The molecular weight excluding hydrogens is 516 g/mol. The Kier molecular flexibility index (Phi) is 7.94. The van der Waals surface area contributed by atoms with Crippen LogP contribution >= 0.6 is 22.9 Å². The Hall–Kier alpha value is -3.69. The lowest BCUT2D eigenvalue weighted by Crippen LogP contribution is -2.29. The highest BCUT2D eigenvalue weighted by Gasteiger charge is 2.48. The average molecular weight is 541 g/mol. The van der Waals surface area contributed by atoms with Crippen LogP contribution in [0.3, 0.4) is 0 Å². The van der Waals surface area contributed by atoms with Crippen molar-refractivity contribution in [1.29, 1.82) is 0 Å². The lowest BCUT2D eigenvalue weighted by atomic mass is 9.95. The Morgan fingerprint density at radius 2 is 1.92 bits per heavy atom. The Bertz CT molecular complexity index is 1400. The standard InChI is InChI=1S/C27H25ClN2O6S/c1-4-12-36-19-11-7-9-17(14-19)22(31)20-21(16-8-6-10-18(28)13-16)30(25(33)23(20)32)27-29-15(3)24(37-27)26(34)35-5-2/h6-11,13-14,21,31H,4-5,12H2,1-3H3/b22-20+. The highest BCUT2D eigenvalue weighted by Crippen LogP contribution is 2.44. The van der Waals surface area contributed by atoms with Gasteiger partial charge < -0.3 is 14.6 Å². The Labute approximate surface area is 223 Å². The van der Waals surface area contributed by atoms with Crippen LogP contribution in [0.1, 0.15) is 52.8 Å². The molecule has 1 amide bonds. The number of thiazole rings is 1. The molecule has 2 aromatic carbocycles. The predicted octanol–water partition coefficient (Wildman–Crippen LogP) is 5.70. The van der Waals surface area contributed by atoms with Gasteiger partial charge >= 0.3 is 11.9 Å². The molecule has 0 aliphatic carbocycles. The van der Waals surface area contributed by atoms with Crippen molar-refractivity contribution in [2.24, 2.45) is 0 Å². The van der Waals surface area contributed by atoms with Gasteiger partial charge in [-0.05, 0) is 50.1 Å². The second-order valence-electron chi connectivity index (χ2n) is 8.23. The first-order chi connectivity index (χ1) is 17.8. The third-order valence-corrected chi connectivity index (χ3v) is 7.01. The molecule has 1 aromatic heterocycles. The van der Waals surface area contributed by atoms with E-state index in [-0.39, 0.29) is 27.9 Å². The molecule has 37 heavy (non-hydrogen) atoms. The summed E-state index contributed by atoms with van der Waals surface area (Å²) in [7, 11) is 0. The fraction of sp³-hybridized carbons (Fsp3) is 0.259. The minimum atomic E-state index is -1.03. The first kappa shape index (κ1) is 26.4. The van der Waals surface area contributed by atoms with Crippen LogP contribution in [0.5, 0.6) is 5.75 Å². The van der Waals surface area contributed by atoms with Gasteiger partial charge in [-0.2, -0.15) is 0 Å². The second kappa shape index (κ2) is 11.1. The summed E-state index contributed by atoms with van der Waals surface area (Å²) in [6.07, 6.45) is 0.803. The molecule has 1 unspecified atom stereocenters. The molecule has 1 aliphatic rings. The van der Waals surface area contributed by atoms with Gasteiger partial charge in [-0.15, -0.1) is 0 Å². The number of aliphatic hydroxyl groups excluding tert-OH is 1. The monoisotopic (exact) mass is 540 g/mol. The first-order valence-corrected chi connectivity index (χ1v) is 12.9. The molecule has 3 aromatic rings. The molecule has 4 rings (SSSR count). The van der Waals surface area contributed by atoms with Gasteiger partial charge in [0.2, 0.25) is 0 Å². The minimum Gasteiger partial charge on any atom is -0.507 e. The topological polar surface area (TPSA) is 106 Å². The lowest BCUT2D eigenvalue weighted by Gasteiger charge is -2.23. The van der Waals surface area contributed by atoms with Crippen molar-refractivity contribution in [2.75, 3.05) is 18.1 Å². The number of halogens is 1. The van der Waals surface area contributed by atoms with Crippen LogP contribution in [0, 0.1) is 6.92 Å². The normalized spacial score (nSPS) is 16.8. The van der Waals surface area contributed by atoms with Crippen LogP contribution in [0.4, 0.5) is 5.13 Å². The van der Waals surface area contributed by atoms with E-state index < -0.39 is 23.7 Å². The van der Waals surface area contributed by atoms with E-state index >= 15 is 0 Å². The van der Waals surface area contributed by atoms with Crippen molar-refractivity contribution in [1.82, 2.24) is 4.98 Å². The maximum atomic E-state index is 13.4. The summed E-state index contributed by atoms with van der Waals surface area (Å²) in [5.74, 6) is -2.16. The highest BCUT2D eigenvalue weighted by molar-refractivity contribution is 7.17. The SMILES string of the molecule is CCCOc1cccc(/C(O)=C2\C(=O)C(=O)N(c3nc(C)c(C(=O)OCC)s3)C2c2cccc(Cl)c2)c1. The molecule has 0 saturated carbocycles. The number of hydrogen-bond acceptors (Lipinski definition) is 8. The molecule has 1 N–H and O–H groups in total. The molecular formula is C27H25ClN2O6S. The smallest absolute Gasteiger partial charge is 0.350 e. The highest BCUT2D eigenvalue weighted by atomic mass is 35.5. The second-order valence-corrected chi connectivity index (χ2v) is 9.65. The van der Waals surface area contributed by atoms with Crippen LogP contribution in [0.2, 0.25) is 5.02 Å². The zero-order valence-electron chi connectivity index (χ0n) is 20.5. The zero-order valence-corrected chi connectivity index (χ0v) is 22.1. The van der Waals surface area contributed by atoms with E-state index in [0.717, 1.165) is 17.8 Å². The zero-order chi connectivity index (χ0) is 26.7. The van der Waals surface area contributed by atoms with E-state index in [1.165, 1.54) is 4.90 Å². The Morgan fingerprint density at radius 3 is 2.62 bits per heavy atom. The number of hydrogen-bond donors (Lipinski definition) is 1. The quantitative estimate of drug-likeness (QED) is 0.169. The van der Waals surface area contributed by atoms with Gasteiger partial charge in [-0.25, -0.2) is 9.78 Å².